The van der Waals surface area contributed by atoms with E-state index in [1.165, 1.54) is 295 Å². The lowest BCUT2D eigenvalue weighted by molar-refractivity contribution is -0.161. The van der Waals surface area contributed by atoms with E-state index in [9.17, 15) is 43.2 Å². The van der Waals surface area contributed by atoms with Crippen LogP contribution in [0.25, 0.3) is 0 Å². The van der Waals surface area contributed by atoms with Gasteiger partial charge in [0.2, 0.25) is 0 Å². The number of ether oxygens (including phenoxy) is 4. The van der Waals surface area contributed by atoms with Gasteiger partial charge in [-0.25, -0.2) is 9.13 Å². The zero-order chi connectivity index (χ0) is 80.8. The van der Waals surface area contributed by atoms with E-state index in [2.05, 4.69) is 48.5 Å². The quantitative estimate of drug-likeness (QED) is 0.0222. The summed E-state index contributed by atoms with van der Waals surface area (Å²) in [6.07, 6.45) is 73.5. The van der Waals surface area contributed by atoms with Crippen LogP contribution >= 0.6 is 15.6 Å². The van der Waals surface area contributed by atoms with Gasteiger partial charge in [-0.05, 0) is 43.4 Å². The zero-order valence-electron chi connectivity index (χ0n) is 72.7. The Morgan fingerprint density at radius 3 is 0.691 bits per heavy atom. The fraction of sp³-hybridized carbons (Fsp3) is 0.956. The summed E-state index contributed by atoms with van der Waals surface area (Å²) in [5.41, 5.74) is 0. The van der Waals surface area contributed by atoms with Crippen molar-refractivity contribution < 1.29 is 80.2 Å². The Morgan fingerprint density at radius 2 is 0.464 bits per heavy atom. The molecule has 654 valence electrons. The van der Waals surface area contributed by atoms with Crippen LogP contribution in [0.5, 0.6) is 0 Å². The number of hydrogen-bond donors (Lipinski definition) is 3. The van der Waals surface area contributed by atoms with E-state index in [4.69, 9.17) is 37.0 Å². The van der Waals surface area contributed by atoms with Gasteiger partial charge in [0, 0.05) is 25.7 Å². The fourth-order valence-electron chi connectivity index (χ4n) is 14.2. The molecule has 0 aromatic heterocycles. The number of phosphoric acid groups is 2. The molecule has 0 amide bonds. The fourth-order valence-corrected chi connectivity index (χ4v) is 15.8. The molecule has 0 aliphatic rings. The molecule has 0 aliphatic carbocycles. The highest BCUT2D eigenvalue weighted by Crippen LogP contribution is 2.45. The second-order valence-electron chi connectivity index (χ2n) is 33.7. The molecule has 0 fully saturated rings. The van der Waals surface area contributed by atoms with Gasteiger partial charge in [-0.2, -0.15) is 0 Å². The van der Waals surface area contributed by atoms with Gasteiger partial charge < -0.3 is 33.8 Å². The van der Waals surface area contributed by atoms with Crippen LogP contribution in [-0.2, 0) is 65.4 Å². The molecule has 0 aliphatic heterocycles. The zero-order valence-corrected chi connectivity index (χ0v) is 74.5. The van der Waals surface area contributed by atoms with E-state index < -0.39 is 97.5 Å². The summed E-state index contributed by atoms with van der Waals surface area (Å²) in [7, 11) is -9.94. The van der Waals surface area contributed by atoms with E-state index in [1.807, 2.05) is 0 Å². The Labute approximate surface area is 677 Å². The number of esters is 4. The summed E-state index contributed by atoms with van der Waals surface area (Å²) in [5.74, 6) is 0.367. The maximum absolute atomic E-state index is 13.2. The highest BCUT2D eigenvalue weighted by Gasteiger charge is 2.31. The first-order valence-corrected chi connectivity index (χ1v) is 49.9. The van der Waals surface area contributed by atoms with Gasteiger partial charge in [-0.1, -0.05) is 434 Å². The molecule has 0 spiro atoms. The summed E-state index contributed by atoms with van der Waals surface area (Å²) in [5, 5.41) is 10.7. The summed E-state index contributed by atoms with van der Waals surface area (Å²) in [4.78, 5) is 73.4. The van der Waals surface area contributed by atoms with Gasteiger partial charge in [0.15, 0.2) is 12.2 Å². The van der Waals surface area contributed by atoms with Crippen molar-refractivity contribution in [3.63, 3.8) is 0 Å². The first-order chi connectivity index (χ1) is 53.3. The van der Waals surface area contributed by atoms with Gasteiger partial charge in [-0.15, -0.1) is 0 Å². The molecule has 19 heteroatoms. The van der Waals surface area contributed by atoms with Crippen molar-refractivity contribution in [1.82, 2.24) is 0 Å². The number of aliphatic hydroxyl groups is 1. The topological polar surface area (TPSA) is 237 Å². The van der Waals surface area contributed by atoms with E-state index in [0.717, 1.165) is 108 Å². The minimum Gasteiger partial charge on any atom is -0.462 e. The predicted molar refractivity (Wildman–Crippen MR) is 455 cm³/mol. The average Bonchev–Trinajstić information content (AvgIpc) is 0.899. The summed E-state index contributed by atoms with van der Waals surface area (Å²) in [6, 6.07) is 0. The Morgan fingerprint density at radius 1 is 0.264 bits per heavy atom. The number of hydrogen-bond acceptors (Lipinski definition) is 15. The lowest BCUT2D eigenvalue weighted by Gasteiger charge is -2.21. The molecule has 110 heavy (non-hydrogen) atoms. The molecule has 0 aromatic rings. The molecule has 7 atom stereocenters. The van der Waals surface area contributed by atoms with Crippen molar-refractivity contribution >= 4 is 39.5 Å². The summed E-state index contributed by atoms with van der Waals surface area (Å²) < 4.78 is 69.1. The van der Waals surface area contributed by atoms with Crippen LogP contribution in [0.2, 0.25) is 0 Å². The number of carbonyl (C=O) groups excluding carboxylic acids is 4. The van der Waals surface area contributed by atoms with Crippen molar-refractivity contribution in [3.05, 3.63) is 0 Å². The van der Waals surface area contributed by atoms with E-state index in [-0.39, 0.29) is 25.7 Å². The van der Waals surface area contributed by atoms with Gasteiger partial charge in [0.25, 0.3) is 0 Å². The Bertz CT molecular complexity index is 2120. The normalized spacial score (nSPS) is 14.3. The Hall–Kier alpha value is -1.94. The summed E-state index contributed by atoms with van der Waals surface area (Å²) in [6.45, 7) is 12.1. The minimum atomic E-state index is -4.97. The van der Waals surface area contributed by atoms with Crippen LogP contribution in [0.4, 0.5) is 0 Å². The van der Waals surface area contributed by atoms with Gasteiger partial charge in [-0.3, -0.25) is 37.3 Å². The Kier molecular flexibility index (Phi) is 79.4. The molecule has 0 radical (unpaired) electrons. The smallest absolute Gasteiger partial charge is 0.462 e. The van der Waals surface area contributed by atoms with E-state index >= 15 is 0 Å². The number of carbonyl (C=O) groups is 4. The predicted octanol–water partition coefficient (Wildman–Crippen LogP) is 28.0. The first kappa shape index (κ1) is 108. The van der Waals surface area contributed by atoms with Crippen LogP contribution in [-0.4, -0.2) is 96.7 Å². The molecule has 0 bridgehead atoms. The van der Waals surface area contributed by atoms with E-state index in [1.54, 1.807) is 0 Å². The van der Waals surface area contributed by atoms with Crippen molar-refractivity contribution in [2.24, 2.45) is 17.8 Å². The molecule has 3 N–H and O–H groups in total. The molecular weight excluding hydrogens is 1430 g/mol. The molecule has 4 unspecified atom stereocenters. The molecule has 0 saturated carbocycles. The standard InChI is InChI=1S/C91H178O17P2/c1-8-11-12-13-14-15-16-17-18-19-23-26-33-38-45-53-60-67-75-91(96)108-87(79-102-89(94)73-66-59-52-47-40-41-48-55-62-69-82(4)5)81-106-110(99,100)104-77-85(92)76-103-109(97,98)105-80-86(78-101-88(93)72-65-58-51-44-37-32-29-28-31-36-43-50-57-64-71-84(7)10-3)107-90(95)74-68-61-54-46-39-34-27-24-21-20-22-25-30-35-42-49-56-63-70-83(6)9-2/h82-87,92H,8-81H2,1-7H3,(H,97,98)(H,99,100)/t83?,84?,85-,86-,87-/m1/s1. The number of rotatable bonds is 89. The molecule has 0 aromatic carbocycles. The molecule has 0 saturated heterocycles. The largest absolute Gasteiger partial charge is 0.472 e. The molecular formula is C91H178O17P2. The molecule has 0 rings (SSSR count). The number of phosphoric ester groups is 2. The number of unbranched alkanes of at least 4 members (excludes halogenated alkanes) is 55. The summed E-state index contributed by atoms with van der Waals surface area (Å²) >= 11 is 0. The second kappa shape index (κ2) is 80.8. The van der Waals surface area contributed by atoms with Gasteiger partial charge in [0.1, 0.15) is 19.3 Å². The SMILES string of the molecule is CCCCCCCCCCCCCCCCCCCCC(=O)O[C@H](COC(=O)CCCCCCCCCCCC(C)C)COP(=O)(O)OC[C@H](O)COP(=O)(O)OC[C@@H](COC(=O)CCCCCCCCCCCCCCCCC(C)CC)OC(=O)CCCCCCCCCCCCCCCCCCCCC(C)CC. The van der Waals surface area contributed by atoms with Crippen LogP contribution in [0, 0.1) is 17.8 Å². The van der Waals surface area contributed by atoms with Crippen molar-refractivity contribution in [2.45, 2.75) is 503 Å². The van der Waals surface area contributed by atoms with Crippen LogP contribution < -0.4 is 0 Å². The minimum absolute atomic E-state index is 0.108. The van der Waals surface area contributed by atoms with Crippen LogP contribution in [0.3, 0.4) is 0 Å². The van der Waals surface area contributed by atoms with Gasteiger partial charge in [0.05, 0.1) is 26.4 Å². The molecule has 17 nitrogen and oxygen atoms in total. The maximum atomic E-state index is 13.2. The second-order valence-corrected chi connectivity index (χ2v) is 36.6. The van der Waals surface area contributed by atoms with Gasteiger partial charge >= 0.3 is 39.5 Å². The van der Waals surface area contributed by atoms with Crippen molar-refractivity contribution in [3.8, 4) is 0 Å². The van der Waals surface area contributed by atoms with Crippen LogP contribution in [0.1, 0.15) is 485 Å². The highest BCUT2D eigenvalue weighted by molar-refractivity contribution is 7.47. The monoisotopic (exact) mass is 1610 g/mol. The van der Waals surface area contributed by atoms with Crippen molar-refractivity contribution in [2.75, 3.05) is 39.6 Å². The third kappa shape index (κ3) is 81.2. The lowest BCUT2D eigenvalue weighted by Crippen LogP contribution is -2.30. The maximum Gasteiger partial charge on any atom is 0.472 e. The highest BCUT2D eigenvalue weighted by atomic mass is 31.2. The first-order valence-electron chi connectivity index (χ1n) is 46.9. The third-order valence-electron chi connectivity index (χ3n) is 22.1. The van der Waals surface area contributed by atoms with Crippen molar-refractivity contribution in [1.29, 1.82) is 0 Å². The number of aliphatic hydroxyl groups excluding tert-OH is 1. The average molecular weight is 1610 g/mol. The van der Waals surface area contributed by atoms with Crippen LogP contribution in [0.15, 0.2) is 0 Å². The van der Waals surface area contributed by atoms with E-state index in [0.29, 0.717) is 25.7 Å². The lowest BCUT2D eigenvalue weighted by atomic mass is 9.99. The Balaban J connectivity index is 5.25. The molecule has 0 heterocycles. The third-order valence-corrected chi connectivity index (χ3v) is 24.0.